The second-order valence-corrected chi connectivity index (χ2v) is 5.45. The van der Waals surface area contributed by atoms with Gasteiger partial charge in [0.15, 0.2) is 0 Å². The van der Waals surface area contributed by atoms with Gasteiger partial charge in [0.2, 0.25) is 0 Å². The van der Waals surface area contributed by atoms with E-state index in [9.17, 15) is 0 Å². The summed E-state index contributed by atoms with van der Waals surface area (Å²) in [4.78, 5) is 1.48. The topological polar surface area (TPSA) is 0 Å². The summed E-state index contributed by atoms with van der Waals surface area (Å²) in [5.74, 6) is 0. The average molecular weight is 231 g/mol. The van der Waals surface area contributed by atoms with E-state index in [1.165, 1.54) is 35.1 Å². The second kappa shape index (κ2) is 3.36. The summed E-state index contributed by atoms with van der Waals surface area (Å²) in [5, 5.41) is 0.941. The molecule has 0 bridgehead atoms. The van der Waals surface area contributed by atoms with Crippen molar-refractivity contribution in [2.75, 3.05) is 0 Å². The lowest BCUT2D eigenvalue weighted by molar-refractivity contribution is 1.02. The molecule has 0 unspecified atom stereocenters. The third-order valence-electron chi connectivity index (χ3n) is 1.85. The molecular weight excluding hydrogens is 220 g/mol. The minimum Gasteiger partial charge on any atom is -0.123 e. The molecule has 2 rings (SSSR count). The molecule has 2 heteroatoms. The van der Waals surface area contributed by atoms with Gasteiger partial charge in [-0.2, -0.15) is 0 Å². The van der Waals surface area contributed by atoms with Gasteiger partial charge in [-0.05, 0) is 36.2 Å². The van der Waals surface area contributed by atoms with Crippen LogP contribution in [-0.2, 0) is 0 Å². The Kier molecular flexibility index (Phi) is 2.42. The smallest absolute Gasteiger partial charge is 0.00950 e. The SMILES string of the molecule is BrC1=CC(SC2CC2)=CCC1. The Hall–Kier alpha value is 0.310. The first kappa shape index (κ1) is 7.93. The zero-order chi connectivity index (χ0) is 7.68. The quantitative estimate of drug-likeness (QED) is 0.695. The molecule has 0 aliphatic heterocycles. The predicted molar refractivity (Wildman–Crippen MR) is 54.9 cm³/mol. The Morgan fingerprint density at radius 2 is 2.27 bits per heavy atom. The highest BCUT2D eigenvalue weighted by Gasteiger charge is 2.23. The van der Waals surface area contributed by atoms with Crippen molar-refractivity contribution in [1.29, 1.82) is 0 Å². The van der Waals surface area contributed by atoms with Crippen LogP contribution < -0.4 is 0 Å². The van der Waals surface area contributed by atoms with Crippen molar-refractivity contribution in [2.45, 2.75) is 30.9 Å². The van der Waals surface area contributed by atoms with Crippen LogP contribution in [0, 0.1) is 0 Å². The van der Waals surface area contributed by atoms with Crippen molar-refractivity contribution in [1.82, 2.24) is 0 Å². The lowest BCUT2D eigenvalue weighted by atomic mass is 10.2. The first-order valence-corrected chi connectivity index (χ1v) is 5.75. The minimum absolute atomic E-state index is 0.941. The second-order valence-electron chi connectivity index (χ2n) is 3.05. The van der Waals surface area contributed by atoms with Crippen molar-refractivity contribution in [3.8, 4) is 0 Å². The number of rotatable bonds is 2. The molecule has 0 amide bonds. The number of hydrogen-bond acceptors (Lipinski definition) is 1. The molecule has 0 aromatic rings. The first-order valence-electron chi connectivity index (χ1n) is 4.07. The molecule has 0 spiro atoms. The molecule has 0 nitrogen and oxygen atoms in total. The van der Waals surface area contributed by atoms with Gasteiger partial charge < -0.3 is 0 Å². The van der Waals surface area contributed by atoms with Crippen molar-refractivity contribution in [2.24, 2.45) is 0 Å². The normalized spacial score (nSPS) is 24.5. The fourth-order valence-corrected chi connectivity index (χ4v) is 2.91. The van der Waals surface area contributed by atoms with Crippen LogP contribution in [0.1, 0.15) is 25.7 Å². The van der Waals surface area contributed by atoms with E-state index in [0.717, 1.165) is 5.25 Å². The first-order chi connectivity index (χ1) is 5.34. The zero-order valence-corrected chi connectivity index (χ0v) is 8.75. The lowest BCUT2D eigenvalue weighted by Crippen LogP contribution is -1.85. The molecule has 0 N–H and O–H groups in total. The monoisotopic (exact) mass is 230 g/mol. The lowest BCUT2D eigenvalue weighted by Gasteiger charge is -2.07. The molecule has 0 aromatic carbocycles. The summed E-state index contributed by atoms with van der Waals surface area (Å²) >= 11 is 5.59. The van der Waals surface area contributed by atoms with E-state index >= 15 is 0 Å². The van der Waals surface area contributed by atoms with Crippen molar-refractivity contribution in [3.05, 3.63) is 21.5 Å². The highest BCUT2D eigenvalue weighted by atomic mass is 79.9. The molecule has 0 saturated heterocycles. The van der Waals surface area contributed by atoms with E-state index in [2.05, 4.69) is 28.1 Å². The Balaban J connectivity index is 1.95. The van der Waals surface area contributed by atoms with E-state index in [1.807, 2.05) is 11.8 Å². The van der Waals surface area contributed by atoms with E-state index in [0.29, 0.717) is 0 Å². The summed E-state index contributed by atoms with van der Waals surface area (Å²) < 4.78 is 1.36. The number of thioether (sulfide) groups is 1. The standard InChI is InChI=1S/C9H11BrS/c10-7-2-1-3-9(6-7)11-8-4-5-8/h3,6,8H,1-2,4-5H2. The maximum absolute atomic E-state index is 3.55. The van der Waals surface area contributed by atoms with Gasteiger partial charge in [-0.1, -0.05) is 22.0 Å². The maximum Gasteiger partial charge on any atom is 0.00950 e. The van der Waals surface area contributed by atoms with Gasteiger partial charge in [0, 0.05) is 10.2 Å². The van der Waals surface area contributed by atoms with Crippen LogP contribution in [-0.4, -0.2) is 5.25 Å². The van der Waals surface area contributed by atoms with Crippen LogP contribution in [0.3, 0.4) is 0 Å². The molecule has 0 atom stereocenters. The van der Waals surface area contributed by atoms with Crippen LogP contribution >= 0.6 is 27.7 Å². The van der Waals surface area contributed by atoms with E-state index in [-0.39, 0.29) is 0 Å². The molecule has 0 heterocycles. The molecule has 60 valence electrons. The zero-order valence-electron chi connectivity index (χ0n) is 6.35. The molecule has 11 heavy (non-hydrogen) atoms. The van der Waals surface area contributed by atoms with Crippen molar-refractivity contribution >= 4 is 27.7 Å². The third-order valence-corrected chi connectivity index (χ3v) is 3.84. The Morgan fingerprint density at radius 3 is 2.91 bits per heavy atom. The summed E-state index contributed by atoms with van der Waals surface area (Å²) in [7, 11) is 0. The number of halogens is 1. The van der Waals surface area contributed by atoms with Crippen LogP contribution in [0.25, 0.3) is 0 Å². The van der Waals surface area contributed by atoms with E-state index < -0.39 is 0 Å². The van der Waals surface area contributed by atoms with Crippen LogP contribution in [0.15, 0.2) is 21.5 Å². The van der Waals surface area contributed by atoms with Gasteiger partial charge >= 0.3 is 0 Å². The number of hydrogen-bond donors (Lipinski definition) is 0. The fraction of sp³-hybridized carbons (Fsp3) is 0.556. The molecule has 0 aromatic heterocycles. The van der Waals surface area contributed by atoms with Crippen LogP contribution in [0.4, 0.5) is 0 Å². The molecule has 2 aliphatic rings. The molecular formula is C9H11BrS. The fourth-order valence-electron chi connectivity index (χ4n) is 1.10. The minimum atomic E-state index is 0.941. The van der Waals surface area contributed by atoms with Crippen LogP contribution in [0.5, 0.6) is 0 Å². The molecule has 2 aliphatic carbocycles. The van der Waals surface area contributed by atoms with Gasteiger partial charge in [-0.15, -0.1) is 11.8 Å². The maximum atomic E-state index is 3.55. The average Bonchev–Trinajstić information content (AvgIpc) is 2.71. The summed E-state index contributed by atoms with van der Waals surface area (Å²) in [6.45, 7) is 0. The summed E-state index contributed by atoms with van der Waals surface area (Å²) in [5.41, 5.74) is 0. The van der Waals surface area contributed by atoms with Gasteiger partial charge in [0.05, 0.1) is 0 Å². The predicted octanol–water partition coefficient (Wildman–Crippen LogP) is 3.84. The van der Waals surface area contributed by atoms with Crippen molar-refractivity contribution in [3.63, 3.8) is 0 Å². The third kappa shape index (κ3) is 2.38. The van der Waals surface area contributed by atoms with Gasteiger partial charge in [-0.25, -0.2) is 0 Å². The van der Waals surface area contributed by atoms with E-state index in [1.54, 1.807) is 0 Å². The van der Waals surface area contributed by atoms with Gasteiger partial charge in [-0.3, -0.25) is 0 Å². The Bertz CT molecular complexity index is 214. The summed E-state index contributed by atoms with van der Waals surface area (Å²) in [6.07, 6.45) is 9.88. The summed E-state index contributed by atoms with van der Waals surface area (Å²) in [6, 6.07) is 0. The molecule has 1 saturated carbocycles. The highest BCUT2D eigenvalue weighted by molar-refractivity contribution is 9.11. The number of allylic oxidation sites excluding steroid dienone is 3. The molecule has 0 radical (unpaired) electrons. The Morgan fingerprint density at radius 1 is 1.45 bits per heavy atom. The largest absolute Gasteiger partial charge is 0.123 e. The highest BCUT2D eigenvalue weighted by Crippen LogP contribution is 2.41. The van der Waals surface area contributed by atoms with Crippen molar-refractivity contribution < 1.29 is 0 Å². The van der Waals surface area contributed by atoms with Gasteiger partial charge in [0.1, 0.15) is 0 Å². The van der Waals surface area contributed by atoms with Crippen LogP contribution in [0.2, 0.25) is 0 Å². The Labute approximate surface area is 80.3 Å². The van der Waals surface area contributed by atoms with E-state index in [4.69, 9.17) is 0 Å². The molecule has 1 fully saturated rings. The van der Waals surface area contributed by atoms with Gasteiger partial charge in [0.25, 0.3) is 0 Å².